The monoisotopic (exact) mass is 469 g/mol. The average Bonchev–Trinajstić information content (AvgIpc) is 3.06. The first-order valence-corrected chi connectivity index (χ1v) is 8.85. The number of halogens is 1. The van der Waals surface area contributed by atoms with Crippen molar-refractivity contribution in [2.75, 3.05) is 5.32 Å². The summed E-state index contributed by atoms with van der Waals surface area (Å²) in [6, 6.07) is 5.42. The molecule has 3 aromatic rings. The molecule has 0 spiro atoms. The van der Waals surface area contributed by atoms with Gasteiger partial charge in [0.2, 0.25) is 0 Å². The first-order valence-electron chi connectivity index (χ1n) is 8.47. The Morgan fingerprint density at radius 3 is 2.44 bits per heavy atom. The summed E-state index contributed by atoms with van der Waals surface area (Å²) in [6.45, 7) is 0. The third-order valence-electron chi connectivity index (χ3n) is 3.62. The number of amides is 1. The molecular formula is C16H16ClN7O8. The van der Waals surface area contributed by atoms with Gasteiger partial charge in [-0.2, -0.15) is 5.10 Å². The molecule has 0 aliphatic carbocycles. The third kappa shape index (κ3) is 5.83. The van der Waals surface area contributed by atoms with Gasteiger partial charge in [0, 0.05) is 13.1 Å². The number of hydrogen-bond acceptors (Lipinski definition) is 13. The van der Waals surface area contributed by atoms with Crippen LogP contribution in [0, 0.1) is 0 Å². The van der Waals surface area contributed by atoms with Gasteiger partial charge in [-0.15, -0.1) is 10.2 Å². The summed E-state index contributed by atoms with van der Waals surface area (Å²) < 4.78 is 6.20. The molecule has 32 heavy (non-hydrogen) atoms. The minimum Gasteiger partial charge on any atom is -0.414 e. The largest absolute Gasteiger partial charge is 0.453 e. The number of nitrogens with zero attached hydrogens (tertiary/aromatic N) is 5. The highest BCUT2D eigenvalue weighted by Gasteiger charge is 2.29. The Morgan fingerprint density at radius 1 is 1.12 bits per heavy atom. The number of aryl methyl sites for hydroxylation is 1. The van der Waals surface area contributed by atoms with Crippen LogP contribution < -0.4 is 15.4 Å². The van der Waals surface area contributed by atoms with Crippen molar-refractivity contribution in [2.45, 2.75) is 12.3 Å². The average molecular weight is 470 g/mol. The minimum absolute atomic E-state index is 0.0575. The van der Waals surface area contributed by atoms with Gasteiger partial charge in [-0.05, 0) is 12.1 Å². The quantitative estimate of drug-likeness (QED) is 0.174. The number of carbonyl (C=O) groups excluding carboxylic acids is 1. The Kier molecular flexibility index (Phi) is 6.24. The van der Waals surface area contributed by atoms with Gasteiger partial charge in [0.1, 0.15) is 6.33 Å². The van der Waals surface area contributed by atoms with Gasteiger partial charge >= 0.3 is 12.3 Å². The maximum atomic E-state index is 12.2. The molecule has 0 radical (unpaired) electrons. The number of benzene rings is 1. The van der Waals surface area contributed by atoms with E-state index in [-0.39, 0.29) is 33.7 Å². The maximum Gasteiger partial charge on any atom is 0.453 e. The maximum absolute atomic E-state index is 12.2. The molecule has 0 fully saturated rings. The van der Waals surface area contributed by atoms with Gasteiger partial charge in [0.15, 0.2) is 22.4 Å². The summed E-state index contributed by atoms with van der Waals surface area (Å²) in [6.07, 6.45) is -5.78. The molecule has 0 saturated carbocycles. The molecule has 1 amide bonds. The summed E-state index contributed by atoms with van der Waals surface area (Å²) >= 11 is 5.83. The predicted octanol–water partition coefficient (Wildman–Crippen LogP) is -2.05. The van der Waals surface area contributed by atoms with Crippen LogP contribution in [0.1, 0.15) is 10.5 Å². The number of nitrogens with one attached hydrogen (secondary N) is 2. The first-order chi connectivity index (χ1) is 14.8. The molecule has 0 aliphatic rings. The van der Waals surface area contributed by atoms with Crippen LogP contribution in [0.5, 0.6) is 5.75 Å². The Morgan fingerprint density at radius 2 is 1.84 bits per heavy atom. The van der Waals surface area contributed by atoms with Gasteiger partial charge in [-0.3, -0.25) is 14.8 Å². The molecule has 0 unspecified atom stereocenters. The number of carbonyl (C=O) groups is 1. The zero-order valence-corrected chi connectivity index (χ0v) is 16.8. The molecule has 8 N–H and O–H groups in total. The second-order valence-electron chi connectivity index (χ2n) is 6.24. The normalized spacial score (nSPS) is 11.9. The Hall–Kier alpha value is -3.44. The summed E-state index contributed by atoms with van der Waals surface area (Å²) in [5.41, 5.74) is -0.678. The lowest BCUT2D eigenvalue weighted by Gasteiger charge is -2.21. The van der Waals surface area contributed by atoms with E-state index in [1.807, 2.05) is 0 Å². The lowest BCUT2D eigenvalue weighted by Crippen LogP contribution is -2.48. The predicted molar refractivity (Wildman–Crippen MR) is 104 cm³/mol. The fourth-order valence-electron chi connectivity index (χ4n) is 2.51. The van der Waals surface area contributed by atoms with Crippen LogP contribution in [0.15, 0.2) is 30.6 Å². The van der Waals surface area contributed by atoms with E-state index in [0.717, 1.165) is 6.07 Å². The van der Waals surface area contributed by atoms with Crippen LogP contribution in [0.4, 0.5) is 11.4 Å². The molecule has 2 aromatic heterocycles. The van der Waals surface area contributed by atoms with E-state index in [2.05, 4.69) is 25.6 Å². The molecular weight excluding hydrogens is 454 g/mol. The van der Waals surface area contributed by atoms with Crippen LogP contribution >= 0.6 is 11.6 Å². The summed E-state index contributed by atoms with van der Waals surface area (Å²) in [4.78, 5) is 16.3. The number of ether oxygens (including phenoxy) is 1. The number of rotatable bonds is 7. The molecule has 1 aromatic carbocycles. The third-order valence-corrected chi connectivity index (χ3v) is 3.81. The molecule has 0 atom stereocenters. The first kappa shape index (κ1) is 23.2. The van der Waals surface area contributed by atoms with Crippen LogP contribution in [-0.4, -0.2) is 73.8 Å². The standard InChI is InChI=1S/C16H16ClN7O8/c1-24-6-18-13(23-24)7-3-2-4-8(12(7)32-16(29,30)31)19-9-5-10(17)21-22-11(9)14(25)20-15(26,27)28/h2-6,26-31H,1H3,(H,19,21)(H,20,25). The van der Waals surface area contributed by atoms with Crippen molar-refractivity contribution in [1.82, 2.24) is 30.3 Å². The summed E-state index contributed by atoms with van der Waals surface area (Å²) in [5, 5.41) is 70.1. The minimum atomic E-state index is -3.60. The van der Waals surface area contributed by atoms with E-state index in [0.29, 0.717) is 0 Å². The van der Waals surface area contributed by atoms with Crippen LogP contribution in [0.3, 0.4) is 0 Å². The van der Waals surface area contributed by atoms with Gasteiger partial charge < -0.3 is 40.7 Å². The van der Waals surface area contributed by atoms with E-state index < -0.39 is 23.9 Å². The molecule has 2 heterocycles. The van der Waals surface area contributed by atoms with E-state index in [4.69, 9.17) is 31.7 Å². The van der Waals surface area contributed by atoms with Gasteiger partial charge in [-0.25, -0.2) is 4.98 Å². The van der Waals surface area contributed by atoms with Gasteiger partial charge in [-0.1, -0.05) is 17.7 Å². The Labute approximate surface area is 183 Å². The smallest absolute Gasteiger partial charge is 0.414 e. The summed E-state index contributed by atoms with van der Waals surface area (Å²) in [5.74, 6) is -1.54. The van der Waals surface area contributed by atoms with E-state index in [1.165, 1.54) is 34.5 Å². The van der Waals surface area contributed by atoms with Gasteiger partial charge in [0.25, 0.3) is 5.91 Å². The van der Waals surface area contributed by atoms with E-state index in [1.54, 1.807) is 7.05 Å². The van der Waals surface area contributed by atoms with Crippen molar-refractivity contribution in [3.8, 4) is 17.1 Å². The lowest BCUT2D eigenvalue weighted by atomic mass is 10.1. The van der Waals surface area contributed by atoms with Crippen LogP contribution in [0.25, 0.3) is 11.4 Å². The number of aromatic nitrogens is 5. The Balaban J connectivity index is 2.09. The van der Waals surface area contributed by atoms with E-state index >= 15 is 0 Å². The summed E-state index contributed by atoms with van der Waals surface area (Å²) in [7, 11) is 1.59. The molecule has 0 bridgehead atoms. The van der Waals surface area contributed by atoms with Crippen molar-refractivity contribution >= 4 is 28.9 Å². The zero-order chi connectivity index (χ0) is 23.7. The van der Waals surface area contributed by atoms with Crippen molar-refractivity contribution < 1.29 is 40.2 Å². The molecule has 170 valence electrons. The number of para-hydroxylation sites is 1. The highest BCUT2D eigenvalue weighted by molar-refractivity contribution is 6.29. The van der Waals surface area contributed by atoms with Crippen molar-refractivity contribution in [2.24, 2.45) is 7.05 Å². The number of hydrogen-bond donors (Lipinski definition) is 8. The van der Waals surface area contributed by atoms with Crippen LogP contribution in [0.2, 0.25) is 5.15 Å². The molecule has 16 heteroatoms. The van der Waals surface area contributed by atoms with E-state index in [9.17, 15) is 20.1 Å². The SMILES string of the molecule is Cn1cnc(-c2cccc(Nc3cc(Cl)nnc3C(=O)NC(O)(O)O)c2OC(O)(O)O)n1. The van der Waals surface area contributed by atoms with Crippen molar-refractivity contribution in [3.63, 3.8) is 0 Å². The second-order valence-corrected chi connectivity index (χ2v) is 6.63. The molecule has 3 rings (SSSR count). The fourth-order valence-corrected chi connectivity index (χ4v) is 2.66. The van der Waals surface area contributed by atoms with Gasteiger partial charge in [0.05, 0.1) is 16.9 Å². The number of anilines is 2. The fraction of sp³-hybridized carbons (Fsp3) is 0.188. The molecule has 0 saturated heterocycles. The highest BCUT2D eigenvalue weighted by Crippen LogP contribution is 2.38. The Bertz CT molecular complexity index is 1140. The highest BCUT2D eigenvalue weighted by atomic mass is 35.5. The zero-order valence-electron chi connectivity index (χ0n) is 16.0. The molecule has 15 nitrogen and oxygen atoms in total. The lowest BCUT2D eigenvalue weighted by molar-refractivity contribution is -0.419. The van der Waals surface area contributed by atoms with Crippen molar-refractivity contribution in [3.05, 3.63) is 41.4 Å². The van der Waals surface area contributed by atoms with Crippen LogP contribution in [-0.2, 0) is 7.05 Å². The topological polar surface area (TPSA) is 228 Å². The van der Waals surface area contributed by atoms with Crippen molar-refractivity contribution in [1.29, 1.82) is 0 Å². The second kappa shape index (κ2) is 8.60. The molecule has 0 aliphatic heterocycles. The number of aliphatic hydroxyl groups is 6.